The molecule has 2 N–H and O–H groups in total. The highest BCUT2D eigenvalue weighted by Crippen LogP contribution is 2.36. The average molecular weight is 690 g/mol. The molecule has 0 spiro atoms. The lowest BCUT2D eigenvalue weighted by Crippen LogP contribution is -2.38. The molecule has 248 valence electrons. The van der Waals surface area contributed by atoms with Crippen LogP contribution < -0.4 is 25.0 Å². The number of nitrogens with zero attached hydrogens (tertiary/aromatic N) is 4. The second-order valence-corrected chi connectivity index (χ2v) is 11.6. The van der Waals surface area contributed by atoms with Crippen molar-refractivity contribution in [3.8, 4) is 11.8 Å². The molecular formula is C35H34Cl2N6O5. The van der Waals surface area contributed by atoms with Crippen LogP contribution in [0.25, 0.3) is 11.0 Å². The number of anilines is 1. The van der Waals surface area contributed by atoms with Crippen LogP contribution in [0.1, 0.15) is 33.6 Å². The molecule has 11 nitrogen and oxygen atoms in total. The number of hydrogen-bond acceptors (Lipinski definition) is 7. The first-order valence-electron chi connectivity index (χ1n) is 15.1. The SMILES string of the molecule is CNC(=O)c1ccc(CCC(=O)NCC(=O)N(C)c2ccc(Cl)c(COc3cccc4c3nc(OC)n4Cc3ccccn3)c2Cl)cc1. The van der Waals surface area contributed by atoms with Gasteiger partial charge in [-0.05, 0) is 60.5 Å². The zero-order valence-corrected chi connectivity index (χ0v) is 28.1. The Morgan fingerprint density at radius 2 is 1.77 bits per heavy atom. The highest BCUT2D eigenvalue weighted by molar-refractivity contribution is 6.38. The van der Waals surface area contributed by atoms with E-state index < -0.39 is 0 Å². The average Bonchev–Trinajstić information content (AvgIpc) is 3.47. The quantitative estimate of drug-likeness (QED) is 0.169. The normalized spacial score (nSPS) is 10.9. The van der Waals surface area contributed by atoms with Crippen LogP contribution in [0.5, 0.6) is 11.8 Å². The summed E-state index contributed by atoms with van der Waals surface area (Å²) in [5.74, 6) is -0.333. The van der Waals surface area contributed by atoms with Crippen molar-refractivity contribution < 1.29 is 23.9 Å². The van der Waals surface area contributed by atoms with Gasteiger partial charge in [0.15, 0.2) is 0 Å². The lowest BCUT2D eigenvalue weighted by Gasteiger charge is -2.21. The van der Waals surface area contributed by atoms with E-state index in [1.165, 1.54) is 4.90 Å². The summed E-state index contributed by atoms with van der Waals surface area (Å²) in [6, 6.07) is 22.0. The van der Waals surface area contributed by atoms with E-state index >= 15 is 0 Å². The fraction of sp³-hybridized carbons (Fsp3) is 0.229. The highest BCUT2D eigenvalue weighted by Gasteiger charge is 2.21. The summed E-state index contributed by atoms with van der Waals surface area (Å²) in [4.78, 5) is 47.7. The van der Waals surface area contributed by atoms with Crippen molar-refractivity contribution in [2.75, 3.05) is 32.6 Å². The molecule has 0 fully saturated rings. The van der Waals surface area contributed by atoms with E-state index in [1.54, 1.807) is 69.9 Å². The summed E-state index contributed by atoms with van der Waals surface area (Å²) in [5, 5.41) is 5.85. The number of rotatable bonds is 13. The van der Waals surface area contributed by atoms with E-state index in [2.05, 4.69) is 20.6 Å². The van der Waals surface area contributed by atoms with Crippen molar-refractivity contribution in [2.24, 2.45) is 0 Å². The van der Waals surface area contributed by atoms with Crippen LogP contribution in [0.4, 0.5) is 5.69 Å². The molecule has 2 aromatic heterocycles. The lowest BCUT2D eigenvalue weighted by atomic mass is 10.1. The van der Waals surface area contributed by atoms with E-state index in [0.717, 1.165) is 16.8 Å². The summed E-state index contributed by atoms with van der Waals surface area (Å²) < 4.78 is 13.7. The van der Waals surface area contributed by atoms with Crippen molar-refractivity contribution in [1.82, 2.24) is 25.2 Å². The number of nitrogens with one attached hydrogen (secondary N) is 2. The first kappa shape index (κ1) is 34.2. The first-order chi connectivity index (χ1) is 23.2. The fourth-order valence-corrected chi connectivity index (χ4v) is 5.65. The Kier molecular flexibility index (Phi) is 11.1. The number of likely N-dealkylation sites (N-methyl/N-ethyl adjacent to an activating group) is 1. The Bertz CT molecular complexity index is 1930. The van der Waals surface area contributed by atoms with Gasteiger partial charge in [0.1, 0.15) is 17.9 Å². The Morgan fingerprint density at radius 1 is 0.979 bits per heavy atom. The number of hydrogen-bond donors (Lipinski definition) is 2. The molecule has 0 radical (unpaired) electrons. The third kappa shape index (κ3) is 7.87. The molecular weight excluding hydrogens is 655 g/mol. The summed E-state index contributed by atoms with van der Waals surface area (Å²) in [7, 11) is 4.70. The van der Waals surface area contributed by atoms with Crippen LogP contribution in [0.2, 0.25) is 10.0 Å². The Morgan fingerprint density at radius 3 is 2.48 bits per heavy atom. The van der Waals surface area contributed by atoms with Gasteiger partial charge in [-0.2, -0.15) is 4.98 Å². The number of benzene rings is 3. The summed E-state index contributed by atoms with van der Waals surface area (Å²) in [6.45, 7) is 0.238. The van der Waals surface area contributed by atoms with Gasteiger partial charge in [0.05, 0.1) is 42.1 Å². The fourth-order valence-electron chi connectivity index (χ4n) is 5.05. The maximum Gasteiger partial charge on any atom is 0.297 e. The van der Waals surface area contributed by atoms with E-state index in [0.29, 0.717) is 52.1 Å². The molecule has 0 bridgehead atoms. The molecule has 0 atom stereocenters. The maximum atomic E-state index is 13.0. The van der Waals surface area contributed by atoms with Crippen LogP contribution in [-0.2, 0) is 29.2 Å². The van der Waals surface area contributed by atoms with Crippen molar-refractivity contribution in [1.29, 1.82) is 0 Å². The van der Waals surface area contributed by atoms with Gasteiger partial charge in [-0.25, -0.2) is 0 Å². The molecule has 0 aliphatic heterocycles. The number of amides is 3. The third-order valence-corrected chi connectivity index (χ3v) is 8.51. The molecule has 0 aliphatic rings. The Labute approximate surface area is 287 Å². The smallest absolute Gasteiger partial charge is 0.297 e. The van der Waals surface area contributed by atoms with Crippen molar-refractivity contribution in [3.63, 3.8) is 0 Å². The number of para-hydroxylation sites is 1. The molecule has 3 aromatic carbocycles. The van der Waals surface area contributed by atoms with Gasteiger partial charge in [0.2, 0.25) is 11.8 Å². The molecule has 0 unspecified atom stereocenters. The van der Waals surface area contributed by atoms with E-state index in [4.69, 9.17) is 32.7 Å². The Balaban J connectivity index is 1.22. The number of pyridine rings is 1. The number of carbonyl (C=O) groups is 3. The van der Waals surface area contributed by atoms with Gasteiger partial charge in [-0.1, -0.05) is 47.5 Å². The molecule has 48 heavy (non-hydrogen) atoms. The molecule has 13 heteroatoms. The number of imidazole rings is 1. The van der Waals surface area contributed by atoms with E-state index in [-0.39, 0.29) is 42.3 Å². The summed E-state index contributed by atoms with van der Waals surface area (Å²) >= 11 is 13.3. The van der Waals surface area contributed by atoms with Gasteiger partial charge in [0, 0.05) is 42.9 Å². The number of halogens is 2. The van der Waals surface area contributed by atoms with Crippen LogP contribution in [0.15, 0.2) is 79.0 Å². The van der Waals surface area contributed by atoms with Crippen molar-refractivity contribution in [3.05, 3.63) is 111 Å². The van der Waals surface area contributed by atoms with E-state index in [9.17, 15) is 14.4 Å². The molecule has 0 saturated carbocycles. The van der Waals surface area contributed by atoms with E-state index in [1.807, 2.05) is 34.9 Å². The number of aromatic nitrogens is 3. The zero-order chi connectivity index (χ0) is 34.2. The van der Waals surface area contributed by atoms with Crippen LogP contribution in [0.3, 0.4) is 0 Å². The third-order valence-electron chi connectivity index (χ3n) is 7.73. The lowest BCUT2D eigenvalue weighted by molar-refractivity contribution is -0.124. The highest BCUT2D eigenvalue weighted by atomic mass is 35.5. The molecule has 5 aromatic rings. The monoisotopic (exact) mass is 688 g/mol. The predicted octanol–water partition coefficient (Wildman–Crippen LogP) is 5.45. The van der Waals surface area contributed by atoms with Crippen molar-refractivity contribution in [2.45, 2.75) is 26.0 Å². The van der Waals surface area contributed by atoms with Gasteiger partial charge >= 0.3 is 0 Å². The summed E-state index contributed by atoms with van der Waals surface area (Å²) in [6.07, 6.45) is 2.37. The standard InChI is InChI=1S/C35H34Cl2N6O5/c1-38-34(46)23-13-10-22(11-14-23)12-17-30(44)40-19-31(45)42(2)27-16-15-26(36)25(32(27)37)21-48-29-9-6-8-28-33(29)41-35(47-3)43(28)20-24-7-4-5-18-39-24/h4-11,13-16,18H,12,17,19-21H2,1-3H3,(H,38,46)(H,40,44). The minimum Gasteiger partial charge on any atom is -0.486 e. The minimum atomic E-state index is -0.371. The largest absolute Gasteiger partial charge is 0.486 e. The molecule has 0 aliphatic carbocycles. The van der Waals surface area contributed by atoms with Gasteiger partial charge in [-0.3, -0.25) is 23.9 Å². The molecule has 5 rings (SSSR count). The zero-order valence-electron chi connectivity index (χ0n) is 26.6. The second-order valence-electron chi connectivity index (χ2n) is 10.8. The topological polar surface area (TPSA) is 128 Å². The predicted molar refractivity (Wildman–Crippen MR) is 185 cm³/mol. The molecule has 0 saturated heterocycles. The maximum absolute atomic E-state index is 13.0. The van der Waals surface area contributed by atoms with Gasteiger partial charge < -0.3 is 25.0 Å². The minimum absolute atomic E-state index is 0.00288. The number of carbonyl (C=O) groups excluding carboxylic acids is 3. The second kappa shape index (κ2) is 15.6. The number of methoxy groups -OCH3 is 1. The molecule has 2 heterocycles. The van der Waals surface area contributed by atoms with Gasteiger partial charge in [-0.15, -0.1) is 0 Å². The first-order valence-corrected chi connectivity index (χ1v) is 15.8. The van der Waals surface area contributed by atoms with Crippen LogP contribution >= 0.6 is 23.2 Å². The number of ether oxygens (including phenoxy) is 2. The molecule has 3 amide bonds. The van der Waals surface area contributed by atoms with Crippen molar-refractivity contribution >= 4 is 57.6 Å². The number of aryl methyl sites for hydroxylation is 1. The number of fused-ring (bicyclic) bond motifs is 1. The van der Waals surface area contributed by atoms with Gasteiger partial charge in [0.25, 0.3) is 11.9 Å². The summed E-state index contributed by atoms with van der Waals surface area (Å²) in [5.41, 5.74) is 4.58. The van der Waals surface area contributed by atoms with Crippen LogP contribution in [0, 0.1) is 0 Å². The Hall–Kier alpha value is -5.13. The van der Waals surface area contributed by atoms with Crippen LogP contribution in [-0.4, -0.2) is 60.0 Å².